The Kier molecular flexibility index (Phi) is 6.15. The van der Waals surface area contributed by atoms with E-state index in [4.69, 9.17) is 0 Å². The Labute approximate surface area is 152 Å². The van der Waals surface area contributed by atoms with E-state index in [-0.39, 0.29) is 11.7 Å². The Morgan fingerprint density at radius 2 is 1.92 bits per heavy atom. The summed E-state index contributed by atoms with van der Waals surface area (Å²) in [5.74, 6) is 0.0555. The van der Waals surface area contributed by atoms with E-state index in [0.717, 1.165) is 61.8 Å². The van der Waals surface area contributed by atoms with Gasteiger partial charge in [0.25, 0.3) is 0 Å². The molecule has 3 rings (SSSR count). The number of rotatable bonds is 6. The second kappa shape index (κ2) is 8.54. The van der Waals surface area contributed by atoms with Crippen LogP contribution in [0.3, 0.4) is 0 Å². The molecule has 0 N–H and O–H groups in total. The third-order valence-corrected chi connectivity index (χ3v) is 5.35. The predicted molar refractivity (Wildman–Crippen MR) is 98.9 cm³/mol. The zero-order valence-corrected chi connectivity index (χ0v) is 15.4. The number of halogens is 1. The number of amides is 1. The summed E-state index contributed by atoms with van der Waals surface area (Å²) in [4.78, 5) is 21.1. The van der Waals surface area contributed by atoms with Crippen molar-refractivity contribution in [3.63, 3.8) is 0 Å². The van der Waals surface area contributed by atoms with E-state index in [2.05, 4.69) is 16.8 Å². The second-order valence-electron chi connectivity index (χ2n) is 6.39. The van der Waals surface area contributed by atoms with Crippen molar-refractivity contribution in [1.29, 1.82) is 0 Å². The van der Waals surface area contributed by atoms with Crippen LogP contribution in [0.1, 0.15) is 31.2 Å². The van der Waals surface area contributed by atoms with Gasteiger partial charge in [0.05, 0.1) is 12.2 Å². The Balaban J connectivity index is 1.51. The Morgan fingerprint density at radius 1 is 1.20 bits per heavy atom. The van der Waals surface area contributed by atoms with Gasteiger partial charge < -0.3 is 4.90 Å². The van der Waals surface area contributed by atoms with Gasteiger partial charge in [-0.2, -0.15) is 0 Å². The molecule has 0 aliphatic carbocycles. The first-order valence-corrected chi connectivity index (χ1v) is 9.74. The van der Waals surface area contributed by atoms with Crippen molar-refractivity contribution in [3.8, 4) is 11.3 Å². The maximum absolute atomic E-state index is 13.0. The summed E-state index contributed by atoms with van der Waals surface area (Å²) in [6.07, 6.45) is 2.71. The molecule has 1 aromatic heterocycles. The molecule has 2 aromatic rings. The molecule has 1 aliphatic heterocycles. The molecule has 134 valence electrons. The number of unbranched alkanes of at least 4 members (excludes halogenated alkanes) is 1. The van der Waals surface area contributed by atoms with Crippen molar-refractivity contribution in [2.45, 2.75) is 32.7 Å². The molecule has 1 aromatic carbocycles. The third-order valence-electron chi connectivity index (χ3n) is 4.52. The van der Waals surface area contributed by atoms with Crippen molar-refractivity contribution in [2.24, 2.45) is 0 Å². The molecule has 0 bridgehead atoms. The largest absolute Gasteiger partial charge is 0.340 e. The van der Waals surface area contributed by atoms with Crippen molar-refractivity contribution < 1.29 is 9.18 Å². The smallest absolute Gasteiger partial charge is 0.222 e. The van der Waals surface area contributed by atoms with Gasteiger partial charge in [-0.1, -0.05) is 13.3 Å². The van der Waals surface area contributed by atoms with Gasteiger partial charge in [0.15, 0.2) is 0 Å². The molecule has 4 nitrogen and oxygen atoms in total. The lowest BCUT2D eigenvalue weighted by Crippen LogP contribution is -2.48. The summed E-state index contributed by atoms with van der Waals surface area (Å²) >= 11 is 1.63. The lowest BCUT2D eigenvalue weighted by molar-refractivity contribution is -0.133. The van der Waals surface area contributed by atoms with Gasteiger partial charge >= 0.3 is 0 Å². The molecule has 2 heterocycles. The van der Waals surface area contributed by atoms with Crippen LogP contribution in [0.15, 0.2) is 29.6 Å². The maximum Gasteiger partial charge on any atom is 0.222 e. The summed E-state index contributed by atoms with van der Waals surface area (Å²) in [5.41, 5.74) is 1.84. The Morgan fingerprint density at radius 3 is 2.60 bits per heavy atom. The van der Waals surface area contributed by atoms with Crippen molar-refractivity contribution >= 4 is 17.2 Å². The molecular weight excluding hydrogens is 337 g/mol. The normalized spacial score (nSPS) is 15.5. The van der Waals surface area contributed by atoms with Gasteiger partial charge in [-0.3, -0.25) is 9.69 Å². The zero-order chi connectivity index (χ0) is 17.6. The van der Waals surface area contributed by atoms with Gasteiger partial charge in [0, 0.05) is 43.5 Å². The van der Waals surface area contributed by atoms with Crippen molar-refractivity contribution in [2.75, 3.05) is 26.2 Å². The molecule has 0 spiro atoms. The molecule has 6 heteroatoms. The highest BCUT2D eigenvalue weighted by atomic mass is 32.1. The molecule has 1 aliphatic rings. The fourth-order valence-corrected chi connectivity index (χ4v) is 3.81. The minimum absolute atomic E-state index is 0.231. The highest BCUT2D eigenvalue weighted by molar-refractivity contribution is 7.09. The van der Waals surface area contributed by atoms with Gasteiger partial charge in [0.2, 0.25) is 5.91 Å². The first-order valence-electron chi connectivity index (χ1n) is 8.86. The number of hydrogen-bond donors (Lipinski definition) is 0. The van der Waals surface area contributed by atoms with E-state index in [1.54, 1.807) is 23.5 Å². The van der Waals surface area contributed by atoms with Gasteiger partial charge in [-0.25, -0.2) is 9.37 Å². The van der Waals surface area contributed by atoms with Crippen LogP contribution in [0, 0.1) is 5.82 Å². The highest BCUT2D eigenvalue weighted by Gasteiger charge is 2.21. The quantitative estimate of drug-likeness (QED) is 0.786. The second-order valence-corrected chi connectivity index (χ2v) is 7.34. The summed E-state index contributed by atoms with van der Waals surface area (Å²) < 4.78 is 13.0. The first kappa shape index (κ1) is 18.0. The molecule has 1 fully saturated rings. The minimum atomic E-state index is -0.231. The van der Waals surface area contributed by atoms with Crippen LogP contribution >= 0.6 is 11.3 Å². The number of thiazole rings is 1. The molecule has 25 heavy (non-hydrogen) atoms. The van der Waals surface area contributed by atoms with Crippen LogP contribution in [0.5, 0.6) is 0 Å². The average Bonchev–Trinajstić information content (AvgIpc) is 3.09. The predicted octanol–water partition coefficient (Wildman–Crippen LogP) is 3.78. The highest BCUT2D eigenvalue weighted by Crippen LogP contribution is 2.23. The molecule has 0 saturated carbocycles. The van der Waals surface area contributed by atoms with Crippen molar-refractivity contribution in [1.82, 2.24) is 14.8 Å². The Hall–Kier alpha value is -1.79. The number of benzene rings is 1. The van der Waals surface area contributed by atoms with E-state index in [9.17, 15) is 9.18 Å². The number of hydrogen-bond acceptors (Lipinski definition) is 4. The van der Waals surface area contributed by atoms with Gasteiger partial charge in [-0.15, -0.1) is 11.3 Å². The molecule has 1 amide bonds. The third kappa shape index (κ3) is 4.86. The van der Waals surface area contributed by atoms with Crippen LogP contribution < -0.4 is 0 Å². The van der Waals surface area contributed by atoms with Crippen LogP contribution in [0.25, 0.3) is 11.3 Å². The fraction of sp³-hybridized carbons (Fsp3) is 0.474. The van der Waals surface area contributed by atoms with Gasteiger partial charge in [-0.05, 0) is 30.7 Å². The molecular formula is C19H24FN3OS. The maximum atomic E-state index is 13.0. The summed E-state index contributed by atoms with van der Waals surface area (Å²) in [5, 5.41) is 3.08. The topological polar surface area (TPSA) is 36.4 Å². The van der Waals surface area contributed by atoms with E-state index >= 15 is 0 Å². The van der Waals surface area contributed by atoms with Crippen LogP contribution in [0.2, 0.25) is 0 Å². The number of aromatic nitrogens is 1. The zero-order valence-electron chi connectivity index (χ0n) is 14.6. The monoisotopic (exact) mass is 361 g/mol. The number of carbonyl (C=O) groups is 1. The number of nitrogens with zero attached hydrogens (tertiary/aromatic N) is 3. The SMILES string of the molecule is CCCCC(=O)N1CCN(Cc2nc(-c3ccc(F)cc3)cs2)CC1. The van der Waals surface area contributed by atoms with E-state index in [0.29, 0.717) is 6.42 Å². The number of piperazine rings is 1. The molecule has 0 atom stereocenters. The minimum Gasteiger partial charge on any atom is -0.340 e. The summed E-state index contributed by atoms with van der Waals surface area (Å²) in [6, 6.07) is 6.44. The Bertz CT molecular complexity index is 693. The van der Waals surface area contributed by atoms with Gasteiger partial charge in [0.1, 0.15) is 10.8 Å². The van der Waals surface area contributed by atoms with E-state index in [1.807, 2.05) is 10.3 Å². The first-order chi connectivity index (χ1) is 12.2. The van der Waals surface area contributed by atoms with E-state index in [1.165, 1.54) is 12.1 Å². The van der Waals surface area contributed by atoms with Crippen LogP contribution in [-0.4, -0.2) is 46.9 Å². The summed E-state index contributed by atoms with van der Waals surface area (Å²) in [6.45, 7) is 6.31. The van der Waals surface area contributed by atoms with Crippen LogP contribution in [0.4, 0.5) is 4.39 Å². The molecule has 0 radical (unpaired) electrons. The molecule has 1 saturated heterocycles. The van der Waals surface area contributed by atoms with Crippen LogP contribution in [-0.2, 0) is 11.3 Å². The van der Waals surface area contributed by atoms with Crippen molar-refractivity contribution in [3.05, 3.63) is 40.5 Å². The number of carbonyl (C=O) groups excluding carboxylic acids is 1. The van der Waals surface area contributed by atoms with E-state index < -0.39 is 0 Å². The fourth-order valence-electron chi connectivity index (χ4n) is 2.97. The molecule has 0 unspecified atom stereocenters. The lowest BCUT2D eigenvalue weighted by Gasteiger charge is -2.34. The lowest BCUT2D eigenvalue weighted by atomic mass is 10.2. The standard InChI is InChI=1S/C19H24FN3OS/c1-2-3-4-19(24)23-11-9-22(10-12-23)13-18-21-17(14-25-18)15-5-7-16(20)8-6-15/h5-8,14H,2-4,9-13H2,1H3. The average molecular weight is 361 g/mol. The summed E-state index contributed by atoms with van der Waals surface area (Å²) in [7, 11) is 0.